The predicted molar refractivity (Wildman–Crippen MR) is 58.9 cm³/mol. The molecule has 0 saturated carbocycles. The van der Waals surface area contributed by atoms with Crippen molar-refractivity contribution in [3.63, 3.8) is 0 Å². The van der Waals surface area contributed by atoms with E-state index < -0.39 is 0 Å². The number of hydrogen-bond acceptors (Lipinski definition) is 2. The van der Waals surface area contributed by atoms with Crippen LogP contribution in [-0.2, 0) is 0 Å². The Labute approximate surface area is 84.2 Å². The molecular weight excluding hydrogens is 178 g/mol. The molecular formula is C11H15NS. The van der Waals surface area contributed by atoms with Crippen molar-refractivity contribution in [2.24, 2.45) is 0 Å². The summed E-state index contributed by atoms with van der Waals surface area (Å²) in [6.45, 7) is 5.18. The summed E-state index contributed by atoms with van der Waals surface area (Å²) in [5.41, 5.74) is 0. The fourth-order valence-corrected chi connectivity index (χ4v) is 2.23. The van der Waals surface area contributed by atoms with Gasteiger partial charge in [0.15, 0.2) is 0 Å². The summed E-state index contributed by atoms with van der Waals surface area (Å²) >= 11 is 1.82. The monoisotopic (exact) mass is 193 g/mol. The van der Waals surface area contributed by atoms with E-state index in [0.717, 1.165) is 13.0 Å². The van der Waals surface area contributed by atoms with Gasteiger partial charge in [-0.05, 0) is 25.6 Å². The van der Waals surface area contributed by atoms with Gasteiger partial charge in [0, 0.05) is 16.2 Å². The molecule has 1 N–H and O–H groups in total. The molecule has 0 fully saturated rings. The molecule has 13 heavy (non-hydrogen) atoms. The van der Waals surface area contributed by atoms with Gasteiger partial charge in [-0.1, -0.05) is 6.92 Å². The maximum atomic E-state index is 5.32. The molecule has 1 heterocycles. The summed E-state index contributed by atoms with van der Waals surface area (Å²) in [6.07, 6.45) is 6.09. The van der Waals surface area contributed by atoms with Crippen molar-refractivity contribution < 1.29 is 0 Å². The van der Waals surface area contributed by atoms with Gasteiger partial charge in [-0.3, -0.25) is 0 Å². The van der Waals surface area contributed by atoms with Crippen molar-refractivity contribution in [3.05, 3.63) is 21.9 Å². The van der Waals surface area contributed by atoms with E-state index >= 15 is 0 Å². The highest BCUT2D eigenvalue weighted by Gasteiger charge is 2.09. The average Bonchev–Trinajstić information content (AvgIpc) is 2.51. The Morgan fingerprint density at radius 2 is 2.38 bits per heavy atom. The molecule has 0 amide bonds. The van der Waals surface area contributed by atoms with Crippen molar-refractivity contribution in [2.45, 2.75) is 26.3 Å². The Bertz CT molecular complexity index is 295. The van der Waals surface area contributed by atoms with Gasteiger partial charge in [-0.15, -0.1) is 23.7 Å². The summed E-state index contributed by atoms with van der Waals surface area (Å²) in [5, 5.41) is 3.38. The number of thiophene rings is 1. The van der Waals surface area contributed by atoms with Crippen molar-refractivity contribution in [1.82, 2.24) is 5.32 Å². The number of hydrogen-bond donors (Lipinski definition) is 1. The Morgan fingerprint density at radius 3 is 2.85 bits per heavy atom. The van der Waals surface area contributed by atoms with Crippen LogP contribution in [0.5, 0.6) is 0 Å². The van der Waals surface area contributed by atoms with Gasteiger partial charge in [-0.25, -0.2) is 0 Å². The van der Waals surface area contributed by atoms with E-state index in [4.69, 9.17) is 6.42 Å². The van der Waals surface area contributed by atoms with Crippen LogP contribution in [0.4, 0.5) is 0 Å². The molecule has 0 aliphatic rings. The topological polar surface area (TPSA) is 12.0 Å². The highest BCUT2D eigenvalue weighted by atomic mass is 32.1. The molecule has 1 nitrogen and oxygen atoms in total. The summed E-state index contributed by atoms with van der Waals surface area (Å²) in [6, 6.07) is 4.64. The maximum Gasteiger partial charge on any atom is 0.0525 e. The van der Waals surface area contributed by atoms with Crippen LogP contribution < -0.4 is 5.32 Å². The lowest BCUT2D eigenvalue weighted by atomic mass is 10.2. The highest BCUT2D eigenvalue weighted by molar-refractivity contribution is 7.12. The molecule has 1 rings (SSSR count). The van der Waals surface area contributed by atoms with Gasteiger partial charge in [-0.2, -0.15) is 0 Å². The fraction of sp³-hybridized carbons (Fsp3) is 0.455. The Morgan fingerprint density at radius 1 is 1.62 bits per heavy atom. The van der Waals surface area contributed by atoms with Crippen LogP contribution in [0.2, 0.25) is 0 Å². The Kier molecular flexibility index (Phi) is 4.01. The Balaban J connectivity index is 2.70. The summed E-state index contributed by atoms with van der Waals surface area (Å²) in [7, 11) is 0. The van der Waals surface area contributed by atoms with Gasteiger partial charge in [0.2, 0.25) is 0 Å². The summed E-state index contributed by atoms with van der Waals surface area (Å²) in [5.74, 6) is 2.70. The number of rotatable bonds is 4. The van der Waals surface area contributed by atoms with Crippen LogP contribution >= 0.6 is 11.3 Å². The number of nitrogens with one attached hydrogen (secondary N) is 1. The van der Waals surface area contributed by atoms with Gasteiger partial charge < -0.3 is 5.32 Å². The third-order valence-corrected chi connectivity index (χ3v) is 2.99. The predicted octanol–water partition coefficient (Wildman–Crippen LogP) is 2.73. The molecule has 2 heteroatoms. The van der Waals surface area contributed by atoms with Crippen LogP contribution in [0.3, 0.4) is 0 Å². The van der Waals surface area contributed by atoms with Crippen LogP contribution in [-0.4, -0.2) is 6.54 Å². The molecule has 1 aromatic heterocycles. The lowest BCUT2D eigenvalue weighted by molar-refractivity contribution is 0.574. The van der Waals surface area contributed by atoms with Crippen molar-refractivity contribution in [1.29, 1.82) is 0 Å². The van der Waals surface area contributed by atoms with E-state index in [1.807, 2.05) is 11.3 Å². The third kappa shape index (κ3) is 2.87. The molecule has 0 aliphatic heterocycles. The van der Waals surface area contributed by atoms with Crippen molar-refractivity contribution in [2.75, 3.05) is 6.54 Å². The molecule has 1 unspecified atom stereocenters. The zero-order valence-electron chi connectivity index (χ0n) is 8.13. The van der Waals surface area contributed by atoms with Crippen LogP contribution in [0.15, 0.2) is 12.1 Å². The minimum atomic E-state index is 0.341. The first-order chi connectivity index (χ1) is 6.27. The molecule has 0 aliphatic carbocycles. The lowest BCUT2D eigenvalue weighted by Crippen LogP contribution is -2.19. The molecule has 70 valence electrons. The first kappa shape index (κ1) is 10.3. The normalized spacial score (nSPS) is 12.4. The van der Waals surface area contributed by atoms with Crippen LogP contribution in [0, 0.1) is 19.3 Å². The van der Waals surface area contributed by atoms with Gasteiger partial charge in [0.05, 0.1) is 6.04 Å². The van der Waals surface area contributed by atoms with Gasteiger partial charge >= 0.3 is 0 Å². The summed E-state index contributed by atoms with van der Waals surface area (Å²) in [4.78, 5) is 2.69. The average molecular weight is 193 g/mol. The first-order valence-corrected chi connectivity index (χ1v) is 5.32. The third-order valence-electron chi connectivity index (χ3n) is 1.88. The van der Waals surface area contributed by atoms with E-state index in [1.54, 1.807) is 0 Å². The van der Waals surface area contributed by atoms with Crippen LogP contribution in [0.1, 0.15) is 29.1 Å². The Hall–Kier alpha value is -0.780. The molecule has 0 aromatic carbocycles. The molecule has 0 radical (unpaired) electrons. The fourth-order valence-electron chi connectivity index (χ4n) is 1.28. The van der Waals surface area contributed by atoms with E-state index in [0.29, 0.717) is 6.04 Å². The van der Waals surface area contributed by atoms with Crippen LogP contribution in [0.25, 0.3) is 0 Å². The minimum absolute atomic E-state index is 0.341. The quantitative estimate of drug-likeness (QED) is 0.725. The molecule has 1 aromatic rings. The number of terminal acetylenes is 1. The zero-order valence-corrected chi connectivity index (χ0v) is 8.95. The van der Waals surface area contributed by atoms with E-state index in [1.165, 1.54) is 9.75 Å². The molecule has 0 saturated heterocycles. The largest absolute Gasteiger partial charge is 0.309 e. The minimum Gasteiger partial charge on any atom is -0.309 e. The number of aryl methyl sites for hydroxylation is 1. The standard InChI is InChI=1S/C11H15NS/c1-4-6-10(12-5-2)11-8-7-9(3)13-11/h1,7-8,10,12H,5-6H2,2-3H3. The van der Waals surface area contributed by atoms with E-state index in [9.17, 15) is 0 Å². The second-order valence-corrected chi connectivity index (χ2v) is 4.29. The highest BCUT2D eigenvalue weighted by Crippen LogP contribution is 2.24. The van der Waals surface area contributed by atoms with E-state index in [-0.39, 0.29) is 0 Å². The SMILES string of the molecule is C#CCC(NCC)c1ccc(C)s1. The maximum absolute atomic E-state index is 5.32. The van der Waals surface area contributed by atoms with Gasteiger partial charge in [0.1, 0.15) is 0 Å². The second-order valence-electron chi connectivity index (χ2n) is 2.97. The van der Waals surface area contributed by atoms with Gasteiger partial charge in [0.25, 0.3) is 0 Å². The zero-order chi connectivity index (χ0) is 9.68. The van der Waals surface area contributed by atoms with Crippen molar-refractivity contribution in [3.8, 4) is 12.3 Å². The van der Waals surface area contributed by atoms with Crippen molar-refractivity contribution >= 4 is 11.3 Å². The smallest absolute Gasteiger partial charge is 0.0525 e. The molecule has 0 spiro atoms. The first-order valence-electron chi connectivity index (χ1n) is 4.51. The molecule has 0 bridgehead atoms. The molecule has 1 atom stereocenters. The summed E-state index contributed by atoms with van der Waals surface area (Å²) < 4.78 is 0. The van der Waals surface area contributed by atoms with E-state index in [2.05, 4.69) is 37.2 Å². The second kappa shape index (κ2) is 5.06. The lowest BCUT2D eigenvalue weighted by Gasteiger charge is -2.12.